The molecule has 1 heterocycles. The van der Waals surface area contributed by atoms with Gasteiger partial charge < -0.3 is 5.11 Å². The van der Waals surface area contributed by atoms with Gasteiger partial charge >= 0.3 is 0 Å². The minimum absolute atomic E-state index is 0.220. The van der Waals surface area contributed by atoms with Crippen molar-refractivity contribution in [2.45, 2.75) is 58.0 Å². The lowest BCUT2D eigenvalue weighted by Gasteiger charge is -2.34. The van der Waals surface area contributed by atoms with Crippen LogP contribution in [0.1, 0.15) is 51.2 Å². The number of aliphatic hydroxyl groups excluding tert-OH is 1. The average molecular weight is 261 g/mol. The fraction of sp³-hybridized carbons (Fsp3) is 0.647. The number of nitrogens with zero attached hydrogens (tertiary/aromatic N) is 1. The molecule has 0 radical (unpaired) electrons. The summed E-state index contributed by atoms with van der Waals surface area (Å²) in [6.07, 6.45) is 3.65. The molecule has 1 fully saturated rings. The van der Waals surface area contributed by atoms with Gasteiger partial charge in [0.1, 0.15) is 0 Å². The second-order valence-electron chi connectivity index (χ2n) is 6.75. The van der Waals surface area contributed by atoms with E-state index in [2.05, 4.69) is 49.9 Å². The van der Waals surface area contributed by atoms with E-state index in [9.17, 15) is 5.11 Å². The highest BCUT2D eigenvalue weighted by Crippen LogP contribution is 2.24. The minimum Gasteiger partial charge on any atom is -0.395 e. The molecule has 1 atom stereocenters. The van der Waals surface area contributed by atoms with Crippen LogP contribution in [0.15, 0.2) is 24.3 Å². The van der Waals surface area contributed by atoms with Gasteiger partial charge in [-0.2, -0.15) is 0 Å². The first-order valence-electron chi connectivity index (χ1n) is 7.45. The predicted molar refractivity (Wildman–Crippen MR) is 80.3 cm³/mol. The average Bonchev–Trinajstić information content (AvgIpc) is 2.39. The molecule has 1 N–H and O–H groups in total. The monoisotopic (exact) mass is 261 g/mol. The maximum atomic E-state index is 9.45. The van der Waals surface area contributed by atoms with Crippen LogP contribution >= 0.6 is 0 Å². The Bertz CT molecular complexity index is 391. The highest BCUT2D eigenvalue weighted by molar-refractivity contribution is 5.27. The van der Waals surface area contributed by atoms with Crippen molar-refractivity contribution in [3.05, 3.63) is 35.4 Å². The highest BCUT2D eigenvalue weighted by Gasteiger charge is 2.21. The molecular weight excluding hydrogens is 234 g/mol. The molecular formula is C17H27NO. The van der Waals surface area contributed by atoms with Crippen LogP contribution in [0.25, 0.3) is 0 Å². The van der Waals surface area contributed by atoms with Gasteiger partial charge in [-0.15, -0.1) is 0 Å². The Kier molecular flexibility index (Phi) is 4.64. The molecule has 106 valence electrons. The van der Waals surface area contributed by atoms with E-state index in [0.717, 1.165) is 19.5 Å². The van der Waals surface area contributed by atoms with E-state index in [1.165, 1.54) is 24.0 Å². The van der Waals surface area contributed by atoms with Crippen LogP contribution in [-0.4, -0.2) is 29.2 Å². The normalized spacial score (nSPS) is 21.6. The minimum atomic E-state index is 0.220. The Morgan fingerprint density at radius 2 is 1.84 bits per heavy atom. The summed E-state index contributed by atoms with van der Waals surface area (Å²) in [6, 6.07) is 9.32. The Hall–Kier alpha value is -0.860. The Morgan fingerprint density at radius 3 is 2.42 bits per heavy atom. The molecule has 2 nitrogen and oxygen atoms in total. The molecule has 2 rings (SSSR count). The lowest BCUT2D eigenvalue weighted by Crippen LogP contribution is -2.41. The molecule has 2 heteroatoms. The van der Waals surface area contributed by atoms with Gasteiger partial charge in [0.2, 0.25) is 0 Å². The van der Waals surface area contributed by atoms with E-state index in [0.29, 0.717) is 12.6 Å². The van der Waals surface area contributed by atoms with Gasteiger partial charge in [-0.05, 0) is 35.9 Å². The van der Waals surface area contributed by atoms with Crippen molar-refractivity contribution in [2.75, 3.05) is 13.2 Å². The third kappa shape index (κ3) is 3.80. The fourth-order valence-electron chi connectivity index (χ4n) is 2.82. The van der Waals surface area contributed by atoms with Crippen molar-refractivity contribution >= 4 is 0 Å². The van der Waals surface area contributed by atoms with E-state index < -0.39 is 0 Å². The summed E-state index contributed by atoms with van der Waals surface area (Å²) in [7, 11) is 0. The van der Waals surface area contributed by atoms with Gasteiger partial charge in [0.15, 0.2) is 0 Å². The summed E-state index contributed by atoms with van der Waals surface area (Å²) in [4.78, 5) is 2.43. The van der Waals surface area contributed by atoms with Gasteiger partial charge in [0.05, 0.1) is 6.61 Å². The molecule has 19 heavy (non-hydrogen) atoms. The molecule has 0 spiro atoms. The molecule has 0 aromatic heterocycles. The Balaban J connectivity index is 2.02. The van der Waals surface area contributed by atoms with Gasteiger partial charge in [-0.1, -0.05) is 51.5 Å². The number of hydrogen-bond acceptors (Lipinski definition) is 2. The van der Waals surface area contributed by atoms with Crippen molar-refractivity contribution in [1.82, 2.24) is 4.90 Å². The van der Waals surface area contributed by atoms with Crippen molar-refractivity contribution < 1.29 is 5.11 Å². The van der Waals surface area contributed by atoms with Gasteiger partial charge in [-0.25, -0.2) is 0 Å². The zero-order valence-electron chi connectivity index (χ0n) is 12.5. The number of piperidine rings is 1. The number of rotatable bonds is 3. The van der Waals surface area contributed by atoms with Crippen LogP contribution in [0.5, 0.6) is 0 Å². The third-order valence-corrected chi connectivity index (χ3v) is 4.17. The lowest BCUT2D eigenvalue weighted by molar-refractivity contribution is 0.0841. The lowest BCUT2D eigenvalue weighted by atomic mass is 9.86. The predicted octanol–water partition coefficient (Wildman–Crippen LogP) is 3.33. The topological polar surface area (TPSA) is 23.5 Å². The second-order valence-corrected chi connectivity index (χ2v) is 6.75. The van der Waals surface area contributed by atoms with E-state index in [4.69, 9.17) is 0 Å². The first-order valence-corrected chi connectivity index (χ1v) is 7.45. The molecule has 1 saturated heterocycles. The number of benzene rings is 1. The summed E-state index contributed by atoms with van der Waals surface area (Å²) in [5.41, 5.74) is 2.96. The molecule has 0 bridgehead atoms. The van der Waals surface area contributed by atoms with Gasteiger partial charge in [0, 0.05) is 12.6 Å². The number of hydrogen-bond donors (Lipinski definition) is 1. The molecule has 1 aromatic carbocycles. The summed E-state index contributed by atoms with van der Waals surface area (Å²) in [5, 5.41) is 9.45. The van der Waals surface area contributed by atoms with Gasteiger partial charge in [-0.3, -0.25) is 4.90 Å². The van der Waals surface area contributed by atoms with Crippen LogP contribution in [0.2, 0.25) is 0 Å². The van der Waals surface area contributed by atoms with E-state index in [-0.39, 0.29) is 5.41 Å². The van der Waals surface area contributed by atoms with Crippen molar-refractivity contribution in [3.8, 4) is 0 Å². The highest BCUT2D eigenvalue weighted by atomic mass is 16.3. The van der Waals surface area contributed by atoms with Crippen molar-refractivity contribution in [3.63, 3.8) is 0 Å². The molecule has 1 aliphatic heterocycles. The Labute approximate surface area is 117 Å². The molecule has 1 aliphatic rings. The Morgan fingerprint density at radius 1 is 1.16 bits per heavy atom. The number of aliphatic hydroxyl groups is 1. The van der Waals surface area contributed by atoms with Crippen LogP contribution in [0.4, 0.5) is 0 Å². The maximum absolute atomic E-state index is 9.45. The summed E-state index contributed by atoms with van der Waals surface area (Å²) >= 11 is 0. The van der Waals surface area contributed by atoms with Crippen molar-refractivity contribution in [2.24, 2.45) is 0 Å². The van der Waals surface area contributed by atoms with E-state index in [1.807, 2.05) is 0 Å². The van der Waals surface area contributed by atoms with Crippen LogP contribution < -0.4 is 0 Å². The SMILES string of the molecule is CC(C)(C)c1ccc(CN2CCCCC2CO)cc1. The van der Waals surface area contributed by atoms with Crippen LogP contribution in [-0.2, 0) is 12.0 Å². The quantitative estimate of drug-likeness (QED) is 0.902. The smallest absolute Gasteiger partial charge is 0.0586 e. The summed E-state index contributed by atoms with van der Waals surface area (Å²) in [5.74, 6) is 0. The third-order valence-electron chi connectivity index (χ3n) is 4.17. The maximum Gasteiger partial charge on any atom is 0.0586 e. The first kappa shape index (κ1) is 14.5. The summed E-state index contributed by atoms with van der Waals surface area (Å²) < 4.78 is 0. The van der Waals surface area contributed by atoms with E-state index >= 15 is 0 Å². The molecule has 0 aliphatic carbocycles. The zero-order chi connectivity index (χ0) is 13.9. The summed E-state index contributed by atoms with van der Waals surface area (Å²) in [6.45, 7) is 9.11. The van der Waals surface area contributed by atoms with Crippen molar-refractivity contribution in [1.29, 1.82) is 0 Å². The molecule has 1 aromatic rings. The van der Waals surface area contributed by atoms with E-state index in [1.54, 1.807) is 0 Å². The molecule has 0 amide bonds. The molecule has 0 saturated carbocycles. The largest absolute Gasteiger partial charge is 0.395 e. The van der Waals surface area contributed by atoms with Crippen LogP contribution in [0.3, 0.4) is 0 Å². The van der Waals surface area contributed by atoms with Crippen LogP contribution in [0, 0.1) is 0 Å². The zero-order valence-corrected chi connectivity index (χ0v) is 12.5. The number of likely N-dealkylation sites (tertiary alicyclic amines) is 1. The first-order chi connectivity index (χ1) is 9.00. The standard InChI is InChI=1S/C17H27NO/c1-17(2,3)15-9-7-14(8-10-15)12-18-11-5-4-6-16(18)13-19/h7-10,16,19H,4-6,11-13H2,1-3H3. The molecule has 1 unspecified atom stereocenters. The van der Waals surface area contributed by atoms with Gasteiger partial charge in [0.25, 0.3) is 0 Å². The fourth-order valence-corrected chi connectivity index (χ4v) is 2.82. The second kappa shape index (κ2) is 6.06.